The number of primary amides is 1. The number of benzene rings is 1. The normalized spacial score (nSPS) is 10.5. The summed E-state index contributed by atoms with van der Waals surface area (Å²) in [5.74, 6) is -1.35. The largest absolute Gasteiger partial charge is 0.480 e. The van der Waals surface area contributed by atoms with Crippen molar-refractivity contribution in [2.75, 3.05) is 18.0 Å². The molecule has 0 aliphatic carbocycles. The van der Waals surface area contributed by atoms with Gasteiger partial charge in [0.05, 0.1) is 11.3 Å². The summed E-state index contributed by atoms with van der Waals surface area (Å²) in [7, 11) is 0. The predicted molar refractivity (Wildman–Crippen MR) is 74.7 cm³/mol. The van der Waals surface area contributed by atoms with Gasteiger partial charge in [-0.25, -0.2) is 0 Å². The molecule has 0 atom stereocenters. The van der Waals surface area contributed by atoms with Crippen molar-refractivity contribution < 1.29 is 14.7 Å². The first-order valence-electron chi connectivity index (χ1n) is 5.87. The van der Waals surface area contributed by atoms with Crippen LogP contribution in [-0.2, 0) is 4.79 Å². The summed E-state index contributed by atoms with van der Waals surface area (Å²) in [5, 5.41) is 9.40. The number of carboxylic acid groups (broad SMARTS) is 1. The second kappa shape index (κ2) is 6.43. The molecule has 0 fully saturated rings. The van der Waals surface area contributed by atoms with Crippen LogP contribution in [0, 0.1) is 5.92 Å². The van der Waals surface area contributed by atoms with E-state index in [1.807, 2.05) is 13.8 Å². The van der Waals surface area contributed by atoms with Gasteiger partial charge in [0.15, 0.2) is 0 Å². The molecular weight excluding hydrogens is 268 g/mol. The Kier molecular flexibility index (Phi) is 5.18. The van der Waals surface area contributed by atoms with E-state index in [1.165, 1.54) is 6.07 Å². The first-order valence-corrected chi connectivity index (χ1v) is 6.25. The number of carbonyl (C=O) groups excluding carboxylic acids is 1. The molecule has 0 aliphatic heterocycles. The van der Waals surface area contributed by atoms with Crippen molar-refractivity contribution in [3.63, 3.8) is 0 Å². The van der Waals surface area contributed by atoms with E-state index in [0.717, 1.165) is 0 Å². The number of amides is 1. The van der Waals surface area contributed by atoms with Gasteiger partial charge in [-0.2, -0.15) is 0 Å². The molecule has 1 aromatic rings. The third-order valence-electron chi connectivity index (χ3n) is 2.48. The van der Waals surface area contributed by atoms with E-state index < -0.39 is 11.9 Å². The quantitative estimate of drug-likeness (QED) is 0.837. The predicted octanol–water partition coefficient (Wildman–Crippen LogP) is 1.99. The molecule has 0 spiro atoms. The number of carbonyl (C=O) groups is 2. The molecule has 0 radical (unpaired) electrons. The standard InChI is InChI=1S/C13H17ClN2O3/c1-8(2)6-16(7-12(17)18)11-5-9(14)3-4-10(11)13(15)19/h3-5,8H,6-7H2,1-2H3,(H2,15,19)(H,17,18). The van der Waals surface area contributed by atoms with Crippen molar-refractivity contribution in [3.05, 3.63) is 28.8 Å². The van der Waals surface area contributed by atoms with E-state index in [9.17, 15) is 9.59 Å². The Hall–Kier alpha value is -1.75. The van der Waals surface area contributed by atoms with Gasteiger partial charge in [-0.05, 0) is 24.1 Å². The van der Waals surface area contributed by atoms with Crippen molar-refractivity contribution in [2.45, 2.75) is 13.8 Å². The fourth-order valence-electron chi connectivity index (χ4n) is 1.83. The van der Waals surface area contributed by atoms with Gasteiger partial charge in [0.2, 0.25) is 0 Å². The Morgan fingerprint density at radius 2 is 2.05 bits per heavy atom. The molecule has 6 heteroatoms. The van der Waals surface area contributed by atoms with Crippen LogP contribution in [0.1, 0.15) is 24.2 Å². The third kappa shape index (κ3) is 4.44. The smallest absolute Gasteiger partial charge is 0.323 e. The van der Waals surface area contributed by atoms with Crippen molar-refractivity contribution in [3.8, 4) is 0 Å². The Morgan fingerprint density at radius 3 is 2.53 bits per heavy atom. The molecule has 3 N–H and O–H groups in total. The van der Waals surface area contributed by atoms with Gasteiger partial charge in [0, 0.05) is 11.6 Å². The van der Waals surface area contributed by atoms with E-state index in [1.54, 1.807) is 17.0 Å². The maximum absolute atomic E-state index is 11.4. The van der Waals surface area contributed by atoms with Gasteiger partial charge in [-0.15, -0.1) is 0 Å². The highest BCUT2D eigenvalue weighted by Gasteiger charge is 2.18. The van der Waals surface area contributed by atoms with Gasteiger partial charge >= 0.3 is 5.97 Å². The van der Waals surface area contributed by atoms with Gasteiger partial charge in [0.25, 0.3) is 5.91 Å². The summed E-state index contributed by atoms with van der Waals surface area (Å²) >= 11 is 5.91. The molecule has 0 saturated carbocycles. The maximum atomic E-state index is 11.4. The average Bonchev–Trinajstić information content (AvgIpc) is 2.26. The highest BCUT2D eigenvalue weighted by molar-refractivity contribution is 6.31. The first kappa shape index (κ1) is 15.3. The fraction of sp³-hybridized carbons (Fsp3) is 0.385. The van der Waals surface area contributed by atoms with Crippen LogP contribution < -0.4 is 10.6 Å². The van der Waals surface area contributed by atoms with E-state index in [-0.39, 0.29) is 18.0 Å². The van der Waals surface area contributed by atoms with Gasteiger partial charge < -0.3 is 15.7 Å². The monoisotopic (exact) mass is 284 g/mol. The molecule has 0 heterocycles. The second-order valence-electron chi connectivity index (χ2n) is 4.69. The Morgan fingerprint density at radius 1 is 1.42 bits per heavy atom. The lowest BCUT2D eigenvalue weighted by molar-refractivity contribution is -0.135. The summed E-state index contributed by atoms with van der Waals surface area (Å²) in [5.41, 5.74) is 6.03. The lowest BCUT2D eigenvalue weighted by atomic mass is 10.1. The van der Waals surface area contributed by atoms with Crippen LogP contribution in [0.3, 0.4) is 0 Å². The molecule has 1 rings (SSSR count). The van der Waals surface area contributed by atoms with Crippen molar-refractivity contribution in [1.29, 1.82) is 0 Å². The number of nitrogens with two attached hydrogens (primary N) is 1. The van der Waals surface area contributed by atoms with E-state index in [4.69, 9.17) is 22.4 Å². The first-order chi connectivity index (χ1) is 8.81. The van der Waals surface area contributed by atoms with E-state index >= 15 is 0 Å². The Bertz CT molecular complexity index is 489. The molecule has 104 valence electrons. The lowest BCUT2D eigenvalue weighted by Gasteiger charge is -2.26. The number of aliphatic carboxylic acids is 1. The zero-order valence-corrected chi connectivity index (χ0v) is 11.6. The summed E-state index contributed by atoms with van der Waals surface area (Å²) in [6.07, 6.45) is 0. The van der Waals surface area contributed by atoms with Gasteiger partial charge in [-0.1, -0.05) is 25.4 Å². The molecular formula is C13H17ClN2O3. The minimum absolute atomic E-state index is 0.210. The van der Waals surface area contributed by atoms with Crippen LogP contribution in [0.2, 0.25) is 5.02 Å². The van der Waals surface area contributed by atoms with E-state index in [0.29, 0.717) is 17.3 Å². The maximum Gasteiger partial charge on any atom is 0.323 e. The third-order valence-corrected chi connectivity index (χ3v) is 2.71. The molecule has 0 aromatic heterocycles. The highest BCUT2D eigenvalue weighted by atomic mass is 35.5. The average molecular weight is 285 g/mol. The Labute approximate surface area is 117 Å². The van der Waals surface area contributed by atoms with Crippen molar-refractivity contribution in [1.82, 2.24) is 0 Å². The molecule has 0 bridgehead atoms. The zero-order valence-electron chi connectivity index (χ0n) is 10.9. The van der Waals surface area contributed by atoms with Crippen LogP contribution >= 0.6 is 11.6 Å². The molecule has 1 aromatic carbocycles. The minimum Gasteiger partial charge on any atom is -0.480 e. The topological polar surface area (TPSA) is 83.6 Å². The summed E-state index contributed by atoms with van der Waals surface area (Å²) in [6.45, 7) is 4.21. The molecule has 0 unspecified atom stereocenters. The fourth-order valence-corrected chi connectivity index (χ4v) is 1.99. The molecule has 19 heavy (non-hydrogen) atoms. The number of anilines is 1. The molecule has 0 aliphatic rings. The van der Waals surface area contributed by atoms with Crippen LogP contribution in [-0.4, -0.2) is 30.1 Å². The summed E-state index contributed by atoms with van der Waals surface area (Å²) in [6, 6.07) is 4.63. The SMILES string of the molecule is CC(C)CN(CC(=O)O)c1cc(Cl)ccc1C(N)=O. The van der Waals surface area contributed by atoms with Gasteiger partial charge in [0.1, 0.15) is 6.54 Å². The highest BCUT2D eigenvalue weighted by Crippen LogP contribution is 2.25. The number of rotatable bonds is 6. The second-order valence-corrected chi connectivity index (χ2v) is 5.13. The summed E-state index contributed by atoms with van der Waals surface area (Å²) < 4.78 is 0. The molecule has 1 amide bonds. The van der Waals surface area contributed by atoms with Crippen molar-refractivity contribution >= 4 is 29.2 Å². The van der Waals surface area contributed by atoms with Crippen molar-refractivity contribution in [2.24, 2.45) is 11.7 Å². The van der Waals surface area contributed by atoms with Crippen LogP contribution in [0.4, 0.5) is 5.69 Å². The molecule has 0 saturated heterocycles. The minimum atomic E-state index is -0.976. The van der Waals surface area contributed by atoms with E-state index in [2.05, 4.69) is 0 Å². The lowest BCUT2D eigenvalue weighted by Crippen LogP contribution is -2.34. The number of carboxylic acids is 1. The number of nitrogens with zero attached hydrogens (tertiary/aromatic N) is 1. The number of hydrogen-bond acceptors (Lipinski definition) is 3. The van der Waals surface area contributed by atoms with Gasteiger partial charge in [-0.3, -0.25) is 9.59 Å². The van der Waals surface area contributed by atoms with Crippen LogP contribution in [0.25, 0.3) is 0 Å². The molecule has 5 nitrogen and oxygen atoms in total. The number of hydrogen-bond donors (Lipinski definition) is 2. The summed E-state index contributed by atoms with van der Waals surface area (Å²) in [4.78, 5) is 24.0. The Balaban J connectivity index is 3.22. The van der Waals surface area contributed by atoms with Crippen LogP contribution in [0.15, 0.2) is 18.2 Å². The number of halogens is 1. The van der Waals surface area contributed by atoms with Crippen LogP contribution in [0.5, 0.6) is 0 Å². The zero-order chi connectivity index (χ0) is 14.6.